The maximum atomic E-state index is 13.2. The third kappa shape index (κ3) is 3.58. The van der Waals surface area contributed by atoms with E-state index in [2.05, 4.69) is 5.32 Å². The number of amides is 1. The summed E-state index contributed by atoms with van der Waals surface area (Å²) in [6, 6.07) is 21.9. The number of nitriles is 1. The number of carbonyl (C=O) groups excluding carboxylic acids is 1. The zero-order valence-corrected chi connectivity index (χ0v) is 16.2. The van der Waals surface area contributed by atoms with E-state index in [0.29, 0.717) is 29.9 Å². The fourth-order valence-corrected chi connectivity index (χ4v) is 4.90. The number of benzene rings is 3. The minimum absolute atomic E-state index is 0.0626. The Morgan fingerprint density at radius 1 is 1.00 bits per heavy atom. The van der Waals surface area contributed by atoms with E-state index in [1.54, 1.807) is 42.5 Å². The van der Waals surface area contributed by atoms with Crippen LogP contribution in [-0.2, 0) is 16.4 Å². The number of nitrogens with zero attached hydrogens (tertiary/aromatic N) is 2. The maximum Gasteiger partial charge on any atom is 0.264 e. The summed E-state index contributed by atoms with van der Waals surface area (Å²) in [7, 11) is -3.78. The van der Waals surface area contributed by atoms with Gasteiger partial charge in [0.25, 0.3) is 15.9 Å². The molecule has 6 nitrogen and oxygen atoms in total. The molecule has 1 aliphatic rings. The summed E-state index contributed by atoms with van der Waals surface area (Å²) in [5, 5.41) is 11.7. The Balaban J connectivity index is 1.62. The van der Waals surface area contributed by atoms with Crippen molar-refractivity contribution in [2.45, 2.75) is 11.3 Å². The van der Waals surface area contributed by atoms with Gasteiger partial charge in [-0.2, -0.15) is 5.26 Å². The van der Waals surface area contributed by atoms with Gasteiger partial charge in [0.2, 0.25) is 0 Å². The molecule has 0 unspecified atom stereocenters. The molecule has 29 heavy (non-hydrogen) atoms. The van der Waals surface area contributed by atoms with Crippen LogP contribution in [0.2, 0.25) is 0 Å². The molecule has 0 saturated carbocycles. The standard InChI is InChI=1S/C22H17N3O3S/c23-15-16-5-3-8-19(13-16)24-22(26)18-7-4-9-20(14-18)29(27,28)25-12-11-17-6-1-2-10-21(17)25/h1-10,13-14H,11-12H2,(H,24,26). The van der Waals surface area contributed by atoms with Crippen LogP contribution in [-0.4, -0.2) is 20.9 Å². The summed E-state index contributed by atoms with van der Waals surface area (Å²) >= 11 is 0. The summed E-state index contributed by atoms with van der Waals surface area (Å²) in [6.45, 7) is 0.374. The number of hydrogen-bond acceptors (Lipinski definition) is 4. The number of hydrogen-bond donors (Lipinski definition) is 1. The van der Waals surface area contributed by atoms with Crippen LogP contribution in [0.25, 0.3) is 0 Å². The molecule has 144 valence electrons. The van der Waals surface area contributed by atoms with Crippen LogP contribution in [0.1, 0.15) is 21.5 Å². The first-order valence-electron chi connectivity index (χ1n) is 9.01. The van der Waals surface area contributed by atoms with Crippen molar-refractivity contribution in [1.29, 1.82) is 5.26 Å². The molecule has 7 heteroatoms. The van der Waals surface area contributed by atoms with Crippen LogP contribution >= 0.6 is 0 Å². The molecule has 3 aromatic rings. The van der Waals surface area contributed by atoms with E-state index in [-0.39, 0.29) is 10.5 Å². The van der Waals surface area contributed by atoms with E-state index in [4.69, 9.17) is 5.26 Å². The molecule has 0 fully saturated rings. The highest BCUT2D eigenvalue weighted by Gasteiger charge is 2.30. The lowest BCUT2D eigenvalue weighted by Gasteiger charge is -2.20. The van der Waals surface area contributed by atoms with Gasteiger partial charge < -0.3 is 5.32 Å². The van der Waals surface area contributed by atoms with E-state index in [1.165, 1.54) is 16.4 Å². The van der Waals surface area contributed by atoms with Gasteiger partial charge in [0.1, 0.15) is 0 Å². The Hall–Kier alpha value is -3.63. The van der Waals surface area contributed by atoms with E-state index in [0.717, 1.165) is 5.56 Å². The van der Waals surface area contributed by atoms with Gasteiger partial charge in [-0.15, -0.1) is 0 Å². The van der Waals surface area contributed by atoms with Crippen molar-refractivity contribution in [1.82, 2.24) is 0 Å². The molecular weight excluding hydrogens is 386 g/mol. The molecule has 0 saturated heterocycles. The highest BCUT2D eigenvalue weighted by molar-refractivity contribution is 7.92. The van der Waals surface area contributed by atoms with Crippen molar-refractivity contribution in [3.63, 3.8) is 0 Å². The van der Waals surface area contributed by atoms with Crippen molar-refractivity contribution in [2.24, 2.45) is 0 Å². The largest absolute Gasteiger partial charge is 0.322 e. The van der Waals surface area contributed by atoms with Gasteiger partial charge in [-0.25, -0.2) is 8.42 Å². The summed E-state index contributed by atoms with van der Waals surface area (Å²) in [4.78, 5) is 12.7. The van der Waals surface area contributed by atoms with Crippen molar-refractivity contribution in [3.05, 3.63) is 89.5 Å². The lowest BCUT2D eigenvalue weighted by atomic mass is 10.2. The summed E-state index contributed by atoms with van der Waals surface area (Å²) in [5.41, 5.74) is 2.78. The molecule has 4 rings (SSSR count). The number of anilines is 2. The predicted molar refractivity (Wildman–Crippen MR) is 110 cm³/mol. The van der Waals surface area contributed by atoms with Crippen LogP contribution in [0.3, 0.4) is 0 Å². The Kier molecular flexibility index (Phi) is 4.79. The van der Waals surface area contributed by atoms with Crippen LogP contribution < -0.4 is 9.62 Å². The van der Waals surface area contributed by atoms with Crippen LogP contribution in [0.5, 0.6) is 0 Å². The molecule has 1 amide bonds. The minimum atomic E-state index is -3.78. The number of para-hydroxylation sites is 1. The third-order valence-electron chi connectivity index (χ3n) is 4.78. The van der Waals surface area contributed by atoms with Crippen molar-refractivity contribution < 1.29 is 13.2 Å². The maximum absolute atomic E-state index is 13.2. The number of sulfonamides is 1. The molecule has 1 heterocycles. The molecule has 3 aromatic carbocycles. The summed E-state index contributed by atoms with van der Waals surface area (Å²) < 4.78 is 27.7. The Labute approximate surface area is 169 Å². The summed E-state index contributed by atoms with van der Waals surface area (Å²) in [5.74, 6) is -0.445. The van der Waals surface area contributed by atoms with Gasteiger partial charge in [-0.3, -0.25) is 9.10 Å². The summed E-state index contributed by atoms with van der Waals surface area (Å²) in [6.07, 6.45) is 0.658. The highest BCUT2D eigenvalue weighted by Crippen LogP contribution is 2.32. The van der Waals surface area contributed by atoms with Crippen LogP contribution in [0, 0.1) is 11.3 Å². The SMILES string of the molecule is N#Cc1cccc(NC(=O)c2cccc(S(=O)(=O)N3CCc4ccccc43)c2)c1. The average molecular weight is 403 g/mol. The van der Waals surface area contributed by atoms with E-state index < -0.39 is 15.9 Å². The Bertz CT molecular complexity index is 1250. The first-order chi connectivity index (χ1) is 14.0. The zero-order valence-electron chi connectivity index (χ0n) is 15.4. The van der Waals surface area contributed by atoms with Crippen LogP contribution in [0.15, 0.2) is 77.7 Å². The average Bonchev–Trinajstić information content (AvgIpc) is 3.19. The first-order valence-corrected chi connectivity index (χ1v) is 10.5. The first kappa shape index (κ1) is 18.7. The van der Waals surface area contributed by atoms with Gasteiger partial charge in [0.15, 0.2) is 0 Å². The van der Waals surface area contributed by atoms with Gasteiger partial charge in [0.05, 0.1) is 22.2 Å². The number of rotatable bonds is 4. The highest BCUT2D eigenvalue weighted by atomic mass is 32.2. The number of carbonyl (C=O) groups is 1. The molecule has 0 spiro atoms. The molecule has 0 aromatic heterocycles. The van der Waals surface area contributed by atoms with Gasteiger partial charge >= 0.3 is 0 Å². The molecular formula is C22H17N3O3S. The Morgan fingerprint density at radius 2 is 1.79 bits per heavy atom. The second kappa shape index (κ2) is 7.41. The van der Waals surface area contributed by atoms with Crippen molar-refractivity contribution >= 4 is 27.3 Å². The second-order valence-electron chi connectivity index (χ2n) is 6.63. The molecule has 0 atom stereocenters. The zero-order chi connectivity index (χ0) is 20.4. The van der Waals surface area contributed by atoms with E-state index >= 15 is 0 Å². The molecule has 0 aliphatic carbocycles. The number of fused-ring (bicyclic) bond motifs is 1. The van der Waals surface area contributed by atoms with Gasteiger partial charge in [-0.1, -0.05) is 30.3 Å². The molecule has 1 aliphatic heterocycles. The van der Waals surface area contributed by atoms with Crippen LogP contribution in [0.4, 0.5) is 11.4 Å². The third-order valence-corrected chi connectivity index (χ3v) is 6.59. The predicted octanol–water partition coefficient (Wildman–Crippen LogP) is 3.56. The normalized spacial score (nSPS) is 12.9. The van der Waals surface area contributed by atoms with E-state index in [1.807, 2.05) is 24.3 Å². The van der Waals surface area contributed by atoms with E-state index in [9.17, 15) is 13.2 Å². The fraction of sp³-hybridized carbons (Fsp3) is 0.0909. The van der Waals surface area contributed by atoms with Gasteiger partial charge in [0, 0.05) is 17.8 Å². The quantitative estimate of drug-likeness (QED) is 0.721. The molecule has 1 N–H and O–H groups in total. The fourth-order valence-electron chi connectivity index (χ4n) is 3.35. The smallest absolute Gasteiger partial charge is 0.264 e. The molecule has 0 bridgehead atoms. The van der Waals surface area contributed by atoms with Gasteiger partial charge in [-0.05, 0) is 54.4 Å². The lowest BCUT2D eigenvalue weighted by molar-refractivity contribution is 0.102. The van der Waals surface area contributed by atoms with Crippen molar-refractivity contribution in [2.75, 3.05) is 16.2 Å². The topological polar surface area (TPSA) is 90.3 Å². The number of nitrogens with one attached hydrogen (secondary N) is 1. The van der Waals surface area contributed by atoms with Crippen molar-refractivity contribution in [3.8, 4) is 6.07 Å². The Morgan fingerprint density at radius 3 is 2.62 bits per heavy atom. The monoisotopic (exact) mass is 403 g/mol. The molecule has 0 radical (unpaired) electrons. The minimum Gasteiger partial charge on any atom is -0.322 e. The lowest BCUT2D eigenvalue weighted by Crippen LogP contribution is -2.29. The second-order valence-corrected chi connectivity index (χ2v) is 8.49.